The molecule has 0 saturated heterocycles. The molecule has 2 heteroatoms. The lowest BCUT2D eigenvalue weighted by molar-refractivity contribution is 0.0114. The zero-order valence-electron chi connectivity index (χ0n) is 13.1. The Morgan fingerprint density at radius 3 is 1.77 bits per heavy atom. The van der Waals surface area contributed by atoms with Crippen molar-refractivity contribution < 1.29 is 5.11 Å². The molecule has 0 bridgehead atoms. The SMILES string of the molecule is O[C@H]1CCCC[C@H]1N(Cc1ccccc1)Cc1ccccc1. The molecule has 1 N–H and O–H groups in total. The third-order valence-electron chi connectivity index (χ3n) is 4.62. The molecule has 0 spiro atoms. The van der Waals surface area contributed by atoms with Gasteiger partial charge in [-0.2, -0.15) is 0 Å². The summed E-state index contributed by atoms with van der Waals surface area (Å²) >= 11 is 0. The summed E-state index contributed by atoms with van der Waals surface area (Å²) in [5.41, 5.74) is 2.63. The number of aliphatic hydroxyl groups is 1. The molecule has 0 amide bonds. The van der Waals surface area contributed by atoms with Crippen LogP contribution in [0.5, 0.6) is 0 Å². The van der Waals surface area contributed by atoms with Crippen LogP contribution in [0.3, 0.4) is 0 Å². The zero-order valence-corrected chi connectivity index (χ0v) is 13.1. The van der Waals surface area contributed by atoms with Gasteiger partial charge in [-0.15, -0.1) is 0 Å². The Labute approximate surface area is 133 Å². The first-order valence-corrected chi connectivity index (χ1v) is 8.33. The van der Waals surface area contributed by atoms with E-state index >= 15 is 0 Å². The molecule has 1 aliphatic carbocycles. The molecular formula is C20H25NO. The van der Waals surface area contributed by atoms with E-state index in [0.29, 0.717) is 0 Å². The maximum Gasteiger partial charge on any atom is 0.0695 e. The molecule has 2 atom stereocenters. The predicted molar refractivity (Wildman–Crippen MR) is 90.4 cm³/mol. The Hall–Kier alpha value is -1.64. The third-order valence-corrected chi connectivity index (χ3v) is 4.62. The van der Waals surface area contributed by atoms with Gasteiger partial charge in [0, 0.05) is 19.1 Å². The fraction of sp³-hybridized carbons (Fsp3) is 0.400. The number of rotatable bonds is 5. The van der Waals surface area contributed by atoms with E-state index in [1.54, 1.807) is 0 Å². The smallest absolute Gasteiger partial charge is 0.0695 e. The molecule has 1 aliphatic rings. The molecule has 1 saturated carbocycles. The number of nitrogens with zero attached hydrogens (tertiary/aromatic N) is 1. The van der Waals surface area contributed by atoms with Gasteiger partial charge in [0.25, 0.3) is 0 Å². The Balaban J connectivity index is 1.78. The third kappa shape index (κ3) is 3.96. The number of hydrogen-bond donors (Lipinski definition) is 1. The highest BCUT2D eigenvalue weighted by Crippen LogP contribution is 2.26. The summed E-state index contributed by atoms with van der Waals surface area (Å²) in [5.74, 6) is 0. The second-order valence-corrected chi connectivity index (χ2v) is 6.30. The van der Waals surface area contributed by atoms with Gasteiger partial charge in [-0.05, 0) is 24.0 Å². The first-order chi connectivity index (χ1) is 10.8. The van der Waals surface area contributed by atoms with E-state index in [-0.39, 0.29) is 12.1 Å². The van der Waals surface area contributed by atoms with Gasteiger partial charge in [0.1, 0.15) is 0 Å². The molecule has 0 radical (unpaired) electrons. The monoisotopic (exact) mass is 295 g/mol. The summed E-state index contributed by atoms with van der Waals surface area (Å²) in [7, 11) is 0. The molecule has 2 aromatic carbocycles. The van der Waals surface area contributed by atoms with Gasteiger partial charge < -0.3 is 5.11 Å². The molecule has 0 unspecified atom stereocenters. The standard InChI is InChI=1S/C20H25NO/c22-20-14-8-7-13-19(20)21(15-17-9-3-1-4-10-17)16-18-11-5-2-6-12-18/h1-6,9-12,19-20,22H,7-8,13-16H2/t19-,20+/m1/s1. The molecule has 0 heterocycles. The summed E-state index contributed by atoms with van der Waals surface area (Å²) < 4.78 is 0. The van der Waals surface area contributed by atoms with Crippen molar-refractivity contribution in [3.8, 4) is 0 Å². The Kier molecular flexibility index (Phi) is 5.25. The number of benzene rings is 2. The molecule has 0 aliphatic heterocycles. The van der Waals surface area contributed by atoms with Gasteiger partial charge in [0.15, 0.2) is 0 Å². The molecule has 3 rings (SSSR count). The molecule has 0 aromatic heterocycles. The quantitative estimate of drug-likeness (QED) is 0.901. The van der Waals surface area contributed by atoms with Gasteiger partial charge >= 0.3 is 0 Å². The van der Waals surface area contributed by atoms with Gasteiger partial charge in [-0.3, -0.25) is 4.90 Å². The average Bonchev–Trinajstić information content (AvgIpc) is 2.57. The van der Waals surface area contributed by atoms with Crippen LogP contribution in [0.4, 0.5) is 0 Å². The topological polar surface area (TPSA) is 23.5 Å². The van der Waals surface area contributed by atoms with Gasteiger partial charge in [0.2, 0.25) is 0 Å². The molecule has 22 heavy (non-hydrogen) atoms. The van der Waals surface area contributed by atoms with E-state index in [1.807, 2.05) is 0 Å². The van der Waals surface area contributed by atoms with Crippen LogP contribution in [-0.2, 0) is 13.1 Å². The Morgan fingerprint density at radius 1 is 0.773 bits per heavy atom. The molecule has 2 aromatic rings. The van der Waals surface area contributed by atoms with E-state index in [2.05, 4.69) is 65.6 Å². The summed E-state index contributed by atoms with van der Waals surface area (Å²) in [6.45, 7) is 1.80. The van der Waals surface area contributed by atoms with E-state index in [9.17, 15) is 5.11 Å². The maximum absolute atomic E-state index is 10.5. The van der Waals surface area contributed by atoms with Crippen LogP contribution in [0.15, 0.2) is 60.7 Å². The van der Waals surface area contributed by atoms with Gasteiger partial charge in [0.05, 0.1) is 6.10 Å². The van der Waals surface area contributed by atoms with Crippen LogP contribution in [0.1, 0.15) is 36.8 Å². The van der Waals surface area contributed by atoms with Crippen LogP contribution < -0.4 is 0 Å². The summed E-state index contributed by atoms with van der Waals surface area (Å²) in [6, 6.07) is 21.4. The summed E-state index contributed by atoms with van der Waals surface area (Å²) in [4.78, 5) is 2.45. The fourth-order valence-corrected chi connectivity index (χ4v) is 3.44. The highest BCUT2D eigenvalue weighted by atomic mass is 16.3. The highest BCUT2D eigenvalue weighted by molar-refractivity contribution is 5.17. The molecule has 116 valence electrons. The normalized spacial score (nSPS) is 21.9. The lowest BCUT2D eigenvalue weighted by Gasteiger charge is -2.38. The zero-order chi connectivity index (χ0) is 15.2. The van der Waals surface area contributed by atoms with Crippen LogP contribution in [0.2, 0.25) is 0 Å². The first-order valence-electron chi connectivity index (χ1n) is 8.33. The van der Waals surface area contributed by atoms with E-state index in [4.69, 9.17) is 0 Å². The van der Waals surface area contributed by atoms with Crippen LogP contribution in [0, 0.1) is 0 Å². The first kappa shape index (κ1) is 15.3. The molecule has 1 fully saturated rings. The van der Waals surface area contributed by atoms with Crippen molar-refractivity contribution in [3.05, 3.63) is 71.8 Å². The Bertz CT molecular complexity index is 513. The van der Waals surface area contributed by atoms with E-state index in [0.717, 1.165) is 32.4 Å². The van der Waals surface area contributed by atoms with Crippen molar-refractivity contribution in [1.29, 1.82) is 0 Å². The Morgan fingerprint density at radius 2 is 1.27 bits per heavy atom. The van der Waals surface area contributed by atoms with Crippen molar-refractivity contribution >= 4 is 0 Å². The lowest BCUT2D eigenvalue weighted by atomic mass is 9.90. The van der Waals surface area contributed by atoms with Crippen molar-refractivity contribution in [1.82, 2.24) is 4.90 Å². The van der Waals surface area contributed by atoms with Crippen molar-refractivity contribution in [3.63, 3.8) is 0 Å². The van der Waals surface area contributed by atoms with Gasteiger partial charge in [-0.1, -0.05) is 73.5 Å². The van der Waals surface area contributed by atoms with Crippen LogP contribution in [-0.4, -0.2) is 22.2 Å². The fourth-order valence-electron chi connectivity index (χ4n) is 3.44. The lowest BCUT2D eigenvalue weighted by Crippen LogP contribution is -2.44. The number of hydrogen-bond acceptors (Lipinski definition) is 2. The minimum atomic E-state index is -0.193. The van der Waals surface area contributed by atoms with Gasteiger partial charge in [-0.25, -0.2) is 0 Å². The summed E-state index contributed by atoms with van der Waals surface area (Å²) in [6.07, 6.45) is 4.22. The second-order valence-electron chi connectivity index (χ2n) is 6.30. The van der Waals surface area contributed by atoms with Crippen molar-refractivity contribution in [2.24, 2.45) is 0 Å². The average molecular weight is 295 g/mol. The van der Waals surface area contributed by atoms with Crippen LogP contribution in [0.25, 0.3) is 0 Å². The van der Waals surface area contributed by atoms with Crippen molar-refractivity contribution in [2.45, 2.75) is 50.9 Å². The minimum absolute atomic E-state index is 0.193. The molecule has 2 nitrogen and oxygen atoms in total. The largest absolute Gasteiger partial charge is 0.391 e. The summed E-state index contributed by atoms with van der Waals surface area (Å²) in [5, 5.41) is 10.5. The molecular weight excluding hydrogens is 270 g/mol. The van der Waals surface area contributed by atoms with E-state index < -0.39 is 0 Å². The maximum atomic E-state index is 10.5. The number of aliphatic hydroxyl groups excluding tert-OH is 1. The van der Waals surface area contributed by atoms with E-state index in [1.165, 1.54) is 17.5 Å². The van der Waals surface area contributed by atoms with Crippen molar-refractivity contribution in [2.75, 3.05) is 0 Å². The highest BCUT2D eigenvalue weighted by Gasteiger charge is 2.28. The predicted octanol–water partition coefficient (Wildman–Crippen LogP) is 3.99. The minimum Gasteiger partial charge on any atom is -0.391 e. The van der Waals surface area contributed by atoms with Crippen LogP contribution >= 0.6 is 0 Å². The second kappa shape index (κ2) is 7.57.